The summed E-state index contributed by atoms with van der Waals surface area (Å²) in [6, 6.07) is 1.99. The molecule has 0 aliphatic rings. The van der Waals surface area contributed by atoms with Gasteiger partial charge in [-0.15, -0.1) is 0 Å². The molecular formula is C9H5F3N2O. The van der Waals surface area contributed by atoms with E-state index in [1.807, 2.05) is 0 Å². The van der Waals surface area contributed by atoms with E-state index in [0.29, 0.717) is 0 Å². The van der Waals surface area contributed by atoms with Gasteiger partial charge in [0.1, 0.15) is 0 Å². The SMILES string of the molecule is Fc1ccc(Cc2ncno2)c(F)c1F. The smallest absolute Gasteiger partial charge is 0.230 e. The summed E-state index contributed by atoms with van der Waals surface area (Å²) in [5.74, 6) is -3.80. The van der Waals surface area contributed by atoms with E-state index in [1.165, 1.54) is 0 Å². The maximum absolute atomic E-state index is 13.1. The highest BCUT2D eigenvalue weighted by Crippen LogP contribution is 2.17. The van der Waals surface area contributed by atoms with E-state index in [1.54, 1.807) is 0 Å². The van der Waals surface area contributed by atoms with Crippen LogP contribution in [-0.4, -0.2) is 10.1 Å². The van der Waals surface area contributed by atoms with Crippen LogP contribution in [-0.2, 0) is 6.42 Å². The third-order valence-electron chi connectivity index (χ3n) is 1.86. The molecule has 2 aromatic rings. The summed E-state index contributed by atoms with van der Waals surface area (Å²) in [7, 11) is 0. The first-order valence-electron chi connectivity index (χ1n) is 4.06. The molecule has 0 saturated heterocycles. The molecular weight excluding hydrogens is 209 g/mol. The Balaban J connectivity index is 2.34. The summed E-state index contributed by atoms with van der Waals surface area (Å²) >= 11 is 0. The molecule has 0 spiro atoms. The maximum atomic E-state index is 13.1. The van der Waals surface area contributed by atoms with Crippen molar-refractivity contribution in [3.63, 3.8) is 0 Å². The van der Waals surface area contributed by atoms with Gasteiger partial charge in [0, 0.05) is 5.56 Å². The molecule has 1 aromatic carbocycles. The summed E-state index contributed by atoms with van der Waals surface area (Å²) in [5.41, 5.74) is -0.0295. The molecule has 0 bridgehead atoms. The van der Waals surface area contributed by atoms with Gasteiger partial charge in [0.05, 0.1) is 6.42 Å². The average Bonchev–Trinajstić information content (AvgIpc) is 2.72. The van der Waals surface area contributed by atoms with Crippen LogP contribution in [0, 0.1) is 17.5 Å². The summed E-state index contributed by atoms with van der Waals surface area (Å²) < 4.78 is 43.1. The van der Waals surface area contributed by atoms with Crippen molar-refractivity contribution in [2.75, 3.05) is 0 Å². The van der Waals surface area contributed by atoms with E-state index in [9.17, 15) is 13.2 Å². The molecule has 3 nitrogen and oxygen atoms in total. The van der Waals surface area contributed by atoms with Gasteiger partial charge in [0.2, 0.25) is 5.89 Å². The fraction of sp³-hybridized carbons (Fsp3) is 0.111. The lowest BCUT2D eigenvalue weighted by molar-refractivity contribution is 0.380. The van der Waals surface area contributed by atoms with Gasteiger partial charge in [0.25, 0.3) is 0 Å². The predicted octanol–water partition coefficient (Wildman–Crippen LogP) is 2.08. The van der Waals surface area contributed by atoms with E-state index in [-0.39, 0.29) is 17.9 Å². The lowest BCUT2D eigenvalue weighted by Gasteiger charge is -2.01. The first-order chi connectivity index (χ1) is 7.18. The van der Waals surface area contributed by atoms with Crippen molar-refractivity contribution in [3.8, 4) is 0 Å². The molecule has 0 aliphatic carbocycles. The standard InChI is InChI=1S/C9H5F3N2O/c10-6-2-1-5(8(11)9(6)12)3-7-13-4-14-15-7/h1-2,4H,3H2. The Kier molecular flexibility index (Phi) is 2.40. The van der Waals surface area contributed by atoms with Gasteiger partial charge in [0.15, 0.2) is 23.8 Å². The summed E-state index contributed by atoms with van der Waals surface area (Å²) in [6.07, 6.45) is 1.08. The Labute approximate surface area is 82.5 Å². The fourth-order valence-electron chi connectivity index (χ4n) is 1.14. The van der Waals surface area contributed by atoms with Crippen molar-refractivity contribution in [2.24, 2.45) is 0 Å². The Bertz CT molecular complexity index is 470. The molecule has 1 heterocycles. The number of aromatic nitrogens is 2. The van der Waals surface area contributed by atoms with E-state index >= 15 is 0 Å². The highest BCUT2D eigenvalue weighted by Gasteiger charge is 2.14. The van der Waals surface area contributed by atoms with Crippen molar-refractivity contribution >= 4 is 0 Å². The van der Waals surface area contributed by atoms with Crippen LogP contribution in [0.3, 0.4) is 0 Å². The van der Waals surface area contributed by atoms with Crippen LogP contribution in [0.1, 0.15) is 11.5 Å². The zero-order valence-electron chi connectivity index (χ0n) is 7.38. The minimum Gasteiger partial charge on any atom is -0.339 e. The molecule has 2 rings (SSSR count). The number of halogens is 3. The van der Waals surface area contributed by atoms with Crippen LogP contribution in [0.5, 0.6) is 0 Å². The topological polar surface area (TPSA) is 38.9 Å². The summed E-state index contributed by atoms with van der Waals surface area (Å²) in [6.45, 7) is 0. The molecule has 0 fully saturated rings. The first-order valence-corrected chi connectivity index (χ1v) is 4.06. The van der Waals surface area contributed by atoms with Crippen molar-refractivity contribution in [2.45, 2.75) is 6.42 Å². The van der Waals surface area contributed by atoms with Gasteiger partial charge >= 0.3 is 0 Å². The molecule has 1 aromatic heterocycles. The Morgan fingerprint density at radius 3 is 2.60 bits per heavy atom. The molecule has 15 heavy (non-hydrogen) atoms. The van der Waals surface area contributed by atoms with Gasteiger partial charge in [-0.25, -0.2) is 13.2 Å². The maximum Gasteiger partial charge on any atom is 0.230 e. The number of rotatable bonds is 2. The van der Waals surface area contributed by atoms with Crippen LogP contribution in [0.2, 0.25) is 0 Å². The zero-order chi connectivity index (χ0) is 10.8. The van der Waals surface area contributed by atoms with E-state index < -0.39 is 17.5 Å². The zero-order valence-corrected chi connectivity index (χ0v) is 7.38. The van der Waals surface area contributed by atoms with E-state index in [4.69, 9.17) is 0 Å². The van der Waals surface area contributed by atoms with Crippen LogP contribution in [0.25, 0.3) is 0 Å². The monoisotopic (exact) mass is 214 g/mol. The second-order valence-electron chi connectivity index (χ2n) is 2.85. The van der Waals surface area contributed by atoms with Gasteiger partial charge in [-0.05, 0) is 6.07 Å². The lowest BCUT2D eigenvalue weighted by atomic mass is 10.1. The van der Waals surface area contributed by atoms with E-state index in [0.717, 1.165) is 18.5 Å². The third-order valence-corrected chi connectivity index (χ3v) is 1.86. The van der Waals surface area contributed by atoms with E-state index in [2.05, 4.69) is 14.7 Å². The minimum absolute atomic E-state index is 0.0295. The molecule has 78 valence electrons. The normalized spacial score (nSPS) is 10.6. The average molecular weight is 214 g/mol. The predicted molar refractivity (Wildman–Crippen MR) is 43.4 cm³/mol. The number of benzene rings is 1. The Morgan fingerprint density at radius 1 is 1.13 bits per heavy atom. The summed E-state index contributed by atoms with van der Waals surface area (Å²) in [4.78, 5) is 3.64. The molecule has 0 atom stereocenters. The van der Waals surface area contributed by atoms with Crippen LogP contribution >= 0.6 is 0 Å². The largest absolute Gasteiger partial charge is 0.339 e. The van der Waals surface area contributed by atoms with Crippen LogP contribution < -0.4 is 0 Å². The number of hydrogen-bond acceptors (Lipinski definition) is 3. The van der Waals surface area contributed by atoms with Crippen molar-refractivity contribution in [3.05, 3.63) is 47.4 Å². The molecule has 6 heteroatoms. The quantitative estimate of drug-likeness (QED) is 0.718. The molecule has 0 unspecified atom stereocenters. The van der Waals surface area contributed by atoms with Gasteiger partial charge in [-0.3, -0.25) is 0 Å². The fourth-order valence-corrected chi connectivity index (χ4v) is 1.14. The number of nitrogens with zero attached hydrogens (tertiary/aromatic N) is 2. The van der Waals surface area contributed by atoms with Gasteiger partial charge in [-0.2, -0.15) is 4.98 Å². The number of hydrogen-bond donors (Lipinski definition) is 0. The lowest BCUT2D eigenvalue weighted by Crippen LogP contribution is -1.98. The highest BCUT2D eigenvalue weighted by atomic mass is 19.2. The second kappa shape index (κ2) is 3.72. The third kappa shape index (κ3) is 1.83. The highest BCUT2D eigenvalue weighted by molar-refractivity contribution is 5.22. The van der Waals surface area contributed by atoms with Crippen molar-refractivity contribution < 1.29 is 17.7 Å². The molecule has 0 radical (unpaired) electrons. The van der Waals surface area contributed by atoms with Crippen molar-refractivity contribution in [1.29, 1.82) is 0 Å². The summed E-state index contributed by atoms with van der Waals surface area (Å²) in [5, 5.41) is 3.31. The Hall–Kier alpha value is -1.85. The van der Waals surface area contributed by atoms with Crippen LogP contribution in [0.15, 0.2) is 23.0 Å². The first kappa shape index (κ1) is 9.70. The van der Waals surface area contributed by atoms with Gasteiger partial charge < -0.3 is 4.52 Å². The molecule has 0 amide bonds. The molecule has 0 saturated carbocycles. The van der Waals surface area contributed by atoms with Crippen LogP contribution in [0.4, 0.5) is 13.2 Å². The molecule has 0 N–H and O–H groups in total. The second-order valence-corrected chi connectivity index (χ2v) is 2.85. The molecule has 0 aliphatic heterocycles. The van der Waals surface area contributed by atoms with Gasteiger partial charge in [-0.1, -0.05) is 11.2 Å². The minimum atomic E-state index is -1.49. The van der Waals surface area contributed by atoms with Crippen molar-refractivity contribution in [1.82, 2.24) is 10.1 Å². The Morgan fingerprint density at radius 2 is 1.93 bits per heavy atom.